The molecule has 2 saturated heterocycles. The zero-order valence-corrected chi connectivity index (χ0v) is 20.8. The molecule has 7 heteroatoms. The highest BCUT2D eigenvalue weighted by Crippen LogP contribution is 2.64. The van der Waals surface area contributed by atoms with Crippen LogP contribution >= 0.6 is 0 Å². The Morgan fingerprint density at radius 3 is 2.75 bits per heavy atom. The van der Waals surface area contributed by atoms with Crippen LogP contribution in [0.5, 0.6) is 17.2 Å². The molecular formula is C29H31N2O5+. The fourth-order valence-electron chi connectivity index (χ4n) is 7.57. The van der Waals surface area contributed by atoms with Gasteiger partial charge in [0.25, 0.3) is 0 Å². The summed E-state index contributed by atoms with van der Waals surface area (Å²) in [6.45, 7) is 3.95. The Hall–Kier alpha value is -3.58. The maximum Gasteiger partial charge on any atom is 0.217 e. The van der Waals surface area contributed by atoms with E-state index in [2.05, 4.69) is 17.5 Å². The maximum atomic E-state index is 13.8. The van der Waals surface area contributed by atoms with Gasteiger partial charge in [-0.05, 0) is 42.3 Å². The third kappa shape index (κ3) is 2.83. The summed E-state index contributed by atoms with van der Waals surface area (Å²) in [7, 11) is 3.15. The number of nitrogens with one attached hydrogen (secondary N) is 1. The number of ether oxygens (including phenoxy) is 2. The molecule has 3 aliphatic heterocycles. The monoisotopic (exact) mass is 487 g/mol. The van der Waals surface area contributed by atoms with E-state index in [1.165, 1.54) is 5.57 Å². The predicted octanol–water partition coefficient (Wildman–Crippen LogP) is 3.98. The first kappa shape index (κ1) is 22.9. The zero-order valence-electron chi connectivity index (χ0n) is 20.8. The standard InChI is InChI=1S/C29H30N2O5/c1-4-17-14-31(15-23(34)18-8-9-24(35-2)25(12-18)36-3)11-10-29-21-6-5-7-22(33)27(21)30-28(29)20(16-32)19(17)13-26(29)31/h4-9,12,16,19,26H,10-11,13-15H2,1-3H3,(H-,30,32,33)/p+1/b17-4-/t19-,26-,29+,31+/m0/s1. The lowest BCUT2D eigenvalue weighted by Crippen LogP contribution is -2.64. The van der Waals surface area contributed by atoms with Gasteiger partial charge < -0.3 is 24.4 Å². The van der Waals surface area contributed by atoms with Gasteiger partial charge >= 0.3 is 0 Å². The number of aldehydes is 1. The largest absolute Gasteiger partial charge is 0.506 e. The molecule has 2 fully saturated rings. The van der Waals surface area contributed by atoms with Crippen molar-refractivity contribution in [2.75, 3.05) is 39.2 Å². The number of allylic oxidation sites excluding steroid dienone is 2. The number of carbonyl (C=O) groups is 2. The number of nitrogens with zero attached hydrogens (tertiary/aromatic N) is 1. The lowest BCUT2D eigenvalue weighted by molar-refractivity contribution is -0.934. The number of hydrogen-bond acceptors (Lipinski definition) is 6. The normalized spacial score (nSPS) is 30.5. The van der Waals surface area contributed by atoms with Gasteiger partial charge in [-0.2, -0.15) is 0 Å². The summed E-state index contributed by atoms with van der Waals surface area (Å²) in [6.07, 6.45) is 4.76. The molecule has 0 amide bonds. The maximum absolute atomic E-state index is 13.8. The van der Waals surface area contributed by atoms with E-state index in [0.29, 0.717) is 33.8 Å². The number of anilines is 1. The first-order valence-electron chi connectivity index (χ1n) is 12.5. The molecule has 7 nitrogen and oxygen atoms in total. The van der Waals surface area contributed by atoms with E-state index in [9.17, 15) is 14.7 Å². The summed E-state index contributed by atoms with van der Waals surface area (Å²) in [5, 5.41) is 14.2. The van der Waals surface area contributed by atoms with Crippen molar-refractivity contribution in [3.63, 3.8) is 0 Å². The Bertz CT molecular complexity index is 1360. The van der Waals surface area contributed by atoms with Gasteiger partial charge in [-0.15, -0.1) is 0 Å². The van der Waals surface area contributed by atoms with Crippen molar-refractivity contribution in [1.82, 2.24) is 0 Å². The number of para-hydroxylation sites is 1. The Balaban J connectivity index is 1.47. The topological polar surface area (TPSA) is 84.9 Å². The second-order valence-electron chi connectivity index (χ2n) is 10.4. The molecule has 1 aliphatic carbocycles. The minimum absolute atomic E-state index is 0.0325. The molecular weight excluding hydrogens is 456 g/mol. The molecule has 6 rings (SSSR count). The third-order valence-corrected chi connectivity index (χ3v) is 9.13. The summed E-state index contributed by atoms with van der Waals surface area (Å²) in [5.74, 6) is 1.43. The Kier molecular flexibility index (Phi) is 5.06. The molecule has 4 atom stereocenters. The van der Waals surface area contributed by atoms with Gasteiger partial charge in [-0.3, -0.25) is 9.59 Å². The summed E-state index contributed by atoms with van der Waals surface area (Å²) < 4.78 is 11.4. The average Bonchev–Trinajstić information content (AvgIpc) is 3.43. The molecule has 1 spiro atoms. The van der Waals surface area contributed by atoms with Crippen molar-refractivity contribution in [3.8, 4) is 17.2 Å². The van der Waals surface area contributed by atoms with Gasteiger partial charge in [-0.25, -0.2) is 0 Å². The quantitative estimate of drug-likeness (QED) is 0.211. The number of aromatic hydroxyl groups is 1. The number of phenols is 1. The number of ketones is 1. The van der Waals surface area contributed by atoms with Crippen LogP contribution in [0.4, 0.5) is 5.69 Å². The van der Waals surface area contributed by atoms with Gasteiger partial charge in [0.05, 0.1) is 31.9 Å². The molecule has 186 valence electrons. The molecule has 4 aliphatic rings. The molecule has 2 aromatic carbocycles. The van der Waals surface area contributed by atoms with Crippen molar-refractivity contribution in [1.29, 1.82) is 0 Å². The Morgan fingerprint density at radius 1 is 1.22 bits per heavy atom. The second kappa shape index (κ2) is 7.96. The summed E-state index contributed by atoms with van der Waals surface area (Å²) >= 11 is 0. The number of fused-ring (bicyclic) bond motifs is 2. The van der Waals surface area contributed by atoms with Gasteiger partial charge in [0.1, 0.15) is 31.2 Å². The number of carbonyl (C=O) groups excluding carboxylic acids is 2. The van der Waals surface area contributed by atoms with Crippen molar-refractivity contribution in [2.45, 2.75) is 31.2 Å². The number of piperidine rings is 1. The van der Waals surface area contributed by atoms with Crippen LogP contribution in [0.25, 0.3) is 0 Å². The predicted molar refractivity (Wildman–Crippen MR) is 136 cm³/mol. The van der Waals surface area contributed by atoms with Crippen molar-refractivity contribution in [2.24, 2.45) is 5.92 Å². The number of benzene rings is 2. The van der Waals surface area contributed by atoms with E-state index < -0.39 is 5.41 Å². The summed E-state index contributed by atoms with van der Waals surface area (Å²) in [4.78, 5) is 26.2. The van der Waals surface area contributed by atoms with Crippen molar-refractivity contribution < 1.29 is 28.7 Å². The molecule has 2 bridgehead atoms. The molecule has 0 saturated carbocycles. The summed E-state index contributed by atoms with van der Waals surface area (Å²) in [6, 6.07) is 11.1. The first-order chi connectivity index (χ1) is 17.4. The van der Waals surface area contributed by atoms with Crippen LogP contribution in [0, 0.1) is 5.92 Å². The van der Waals surface area contributed by atoms with Crippen LogP contribution in [-0.2, 0) is 10.2 Å². The van der Waals surface area contributed by atoms with E-state index in [-0.39, 0.29) is 23.5 Å². The van der Waals surface area contributed by atoms with Crippen LogP contribution in [0.15, 0.2) is 59.3 Å². The first-order valence-corrected chi connectivity index (χ1v) is 12.5. The minimum atomic E-state index is -0.405. The van der Waals surface area contributed by atoms with E-state index in [0.717, 1.165) is 49.1 Å². The van der Waals surface area contributed by atoms with Gasteiger partial charge in [0.2, 0.25) is 5.78 Å². The van der Waals surface area contributed by atoms with Gasteiger partial charge in [0, 0.05) is 35.6 Å². The molecule has 0 unspecified atom stereocenters. The highest BCUT2D eigenvalue weighted by molar-refractivity contribution is 5.97. The van der Waals surface area contributed by atoms with Gasteiger partial charge in [0.15, 0.2) is 11.5 Å². The molecule has 2 N–H and O–H groups in total. The molecule has 0 radical (unpaired) electrons. The number of Topliss-reactive ketones (excluding diaryl/α,β-unsaturated/α-hetero) is 1. The lowest BCUT2D eigenvalue weighted by atomic mass is 9.61. The van der Waals surface area contributed by atoms with Gasteiger partial charge in [-0.1, -0.05) is 18.2 Å². The fourth-order valence-corrected chi connectivity index (χ4v) is 7.57. The second-order valence-corrected chi connectivity index (χ2v) is 10.4. The number of rotatable bonds is 6. The number of hydrogen-bond donors (Lipinski definition) is 2. The SMILES string of the molecule is C/C=C1/C[N@@+]2(CC(=O)c3ccc(OC)c(OC)c3)CC[C@]34C(=C(C=O)[C@H]1C[C@@H]32)Nc1c(O)cccc14. The fraction of sp³-hybridized carbons (Fsp3) is 0.379. The Morgan fingerprint density at radius 2 is 2.03 bits per heavy atom. The van der Waals surface area contributed by atoms with E-state index in [1.807, 2.05) is 13.0 Å². The number of phenolic OH excluding ortho intramolecular Hbond substituents is 1. The smallest absolute Gasteiger partial charge is 0.217 e. The van der Waals surface area contributed by atoms with Crippen LogP contribution in [0.1, 0.15) is 35.7 Å². The summed E-state index contributed by atoms with van der Waals surface area (Å²) in [5.41, 5.74) is 4.87. The van der Waals surface area contributed by atoms with Crippen LogP contribution in [0.3, 0.4) is 0 Å². The average molecular weight is 488 g/mol. The van der Waals surface area contributed by atoms with Crippen LogP contribution < -0.4 is 14.8 Å². The Labute approximate surface area is 210 Å². The number of quaternary nitrogens is 1. The highest BCUT2D eigenvalue weighted by atomic mass is 16.5. The lowest BCUT2D eigenvalue weighted by Gasteiger charge is -2.53. The number of methoxy groups -OCH3 is 2. The van der Waals surface area contributed by atoms with E-state index >= 15 is 0 Å². The minimum Gasteiger partial charge on any atom is -0.506 e. The van der Waals surface area contributed by atoms with Crippen molar-refractivity contribution in [3.05, 3.63) is 70.4 Å². The van der Waals surface area contributed by atoms with E-state index in [4.69, 9.17) is 9.47 Å². The molecule has 36 heavy (non-hydrogen) atoms. The molecule has 3 heterocycles. The van der Waals surface area contributed by atoms with E-state index in [1.54, 1.807) is 38.5 Å². The van der Waals surface area contributed by atoms with Crippen LogP contribution in [0.2, 0.25) is 0 Å². The molecule has 0 aromatic heterocycles. The van der Waals surface area contributed by atoms with Crippen LogP contribution in [-0.4, -0.2) is 61.6 Å². The van der Waals surface area contributed by atoms with Crippen molar-refractivity contribution >= 4 is 17.8 Å². The molecule has 2 aromatic rings. The highest BCUT2D eigenvalue weighted by Gasteiger charge is 2.69. The third-order valence-electron chi connectivity index (χ3n) is 9.13. The zero-order chi connectivity index (χ0) is 25.2.